The van der Waals surface area contributed by atoms with Crippen LogP contribution in [0.3, 0.4) is 0 Å². The fraction of sp³-hybridized carbons (Fsp3) is 0.333. The molecule has 1 aromatic carbocycles. The summed E-state index contributed by atoms with van der Waals surface area (Å²) in [6, 6.07) is 3.88. The van der Waals surface area contributed by atoms with Crippen LogP contribution >= 0.6 is 11.3 Å². The first kappa shape index (κ1) is 15.8. The lowest BCUT2D eigenvalue weighted by atomic mass is 10.2. The number of hydrogen-bond acceptors (Lipinski definition) is 6. The van der Waals surface area contributed by atoms with E-state index in [1.54, 1.807) is 0 Å². The molecule has 2 aromatic rings. The van der Waals surface area contributed by atoms with Crippen molar-refractivity contribution >= 4 is 26.5 Å². The van der Waals surface area contributed by atoms with Gasteiger partial charge in [-0.1, -0.05) is 31.3 Å². The van der Waals surface area contributed by atoms with Crippen molar-refractivity contribution in [2.45, 2.75) is 31.3 Å². The Balaban J connectivity index is 2.34. The van der Waals surface area contributed by atoms with Crippen LogP contribution in [0.25, 0.3) is 0 Å². The summed E-state index contributed by atoms with van der Waals surface area (Å²) in [6.45, 7) is 4.21. The molecule has 0 amide bonds. The van der Waals surface area contributed by atoms with Gasteiger partial charge >= 0.3 is 0 Å². The van der Waals surface area contributed by atoms with E-state index in [0.717, 1.165) is 17.4 Å². The normalized spacial score (nSPS) is 11.8. The van der Waals surface area contributed by atoms with Gasteiger partial charge in [0.15, 0.2) is 0 Å². The van der Waals surface area contributed by atoms with Crippen LogP contribution in [-0.2, 0) is 16.6 Å². The first-order valence-corrected chi connectivity index (χ1v) is 8.55. The smallest absolute Gasteiger partial charge is 0.264 e. The van der Waals surface area contributed by atoms with Crippen molar-refractivity contribution in [3.05, 3.63) is 35.1 Å². The maximum Gasteiger partial charge on any atom is 0.264 e. The van der Waals surface area contributed by atoms with Crippen LogP contribution in [-0.4, -0.2) is 24.7 Å². The van der Waals surface area contributed by atoms with Crippen LogP contribution in [0, 0.1) is 5.82 Å². The standard InChI is InChI=1S/C12H15FN4O2S2/c1-8(2)14-6-9-3-4-10(13)5-11(9)21(18,19)17-12-16-15-7-20-12/h3-5,7-8,14H,6H2,1-2H3,(H,16,17). The van der Waals surface area contributed by atoms with Crippen LogP contribution < -0.4 is 10.0 Å². The van der Waals surface area contributed by atoms with Crippen molar-refractivity contribution in [2.24, 2.45) is 0 Å². The number of hydrogen-bond donors (Lipinski definition) is 2. The number of anilines is 1. The lowest BCUT2D eigenvalue weighted by molar-refractivity contribution is 0.570. The molecule has 0 saturated heterocycles. The summed E-state index contributed by atoms with van der Waals surface area (Å²) < 4.78 is 40.4. The monoisotopic (exact) mass is 330 g/mol. The second kappa shape index (κ2) is 6.46. The number of nitrogens with one attached hydrogen (secondary N) is 2. The highest BCUT2D eigenvalue weighted by Crippen LogP contribution is 2.21. The molecule has 0 aliphatic carbocycles. The molecule has 21 heavy (non-hydrogen) atoms. The number of rotatable bonds is 6. The molecule has 0 saturated carbocycles. The van der Waals surface area contributed by atoms with Crippen LogP contribution in [0.15, 0.2) is 28.6 Å². The van der Waals surface area contributed by atoms with E-state index in [4.69, 9.17) is 0 Å². The van der Waals surface area contributed by atoms with Gasteiger partial charge < -0.3 is 5.32 Å². The second-order valence-corrected chi connectivity index (χ2v) is 7.12. The van der Waals surface area contributed by atoms with Gasteiger partial charge in [-0.3, -0.25) is 4.72 Å². The van der Waals surface area contributed by atoms with E-state index < -0.39 is 15.8 Å². The Kier molecular flexibility index (Phi) is 4.86. The highest BCUT2D eigenvalue weighted by atomic mass is 32.2. The van der Waals surface area contributed by atoms with Crippen molar-refractivity contribution in [3.63, 3.8) is 0 Å². The summed E-state index contributed by atoms with van der Waals surface area (Å²) in [6.07, 6.45) is 0. The number of halogens is 1. The molecule has 1 aromatic heterocycles. The van der Waals surface area contributed by atoms with Crippen LogP contribution in [0.1, 0.15) is 19.4 Å². The Morgan fingerprint density at radius 3 is 2.76 bits per heavy atom. The zero-order chi connectivity index (χ0) is 15.5. The van der Waals surface area contributed by atoms with Gasteiger partial charge in [0.25, 0.3) is 10.0 Å². The van der Waals surface area contributed by atoms with E-state index in [2.05, 4.69) is 20.2 Å². The van der Waals surface area contributed by atoms with Crippen molar-refractivity contribution < 1.29 is 12.8 Å². The first-order chi connectivity index (χ1) is 9.88. The fourth-order valence-electron chi connectivity index (χ4n) is 1.63. The molecule has 6 nitrogen and oxygen atoms in total. The lowest BCUT2D eigenvalue weighted by Crippen LogP contribution is -2.24. The fourth-order valence-corrected chi connectivity index (χ4v) is 3.57. The third-order valence-electron chi connectivity index (χ3n) is 2.60. The number of sulfonamides is 1. The van der Waals surface area contributed by atoms with Crippen molar-refractivity contribution in [2.75, 3.05) is 4.72 Å². The number of nitrogens with zero attached hydrogens (tertiary/aromatic N) is 2. The molecule has 0 bridgehead atoms. The van der Waals surface area contributed by atoms with Gasteiger partial charge in [-0.2, -0.15) is 0 Å². The molecule has 2 N–H and O–H groups in total. The minimum Gasteiger partial charge on any atom is -0.310 e. The molecular weight excluding hydrogens is 315 g/mol. The number of aromatic nitrogens is 2. The molecule has 0 unspecified atom stereocenters. The predicted octanol–water partition coefficient (Wildman–Crippen LogP) is 1.98. The number of benzene rings is 1. The molecule has 114 valence electrons. The van der Waals surface area contributed by atoms with Crippen molar-refractivity contribution in [1.82, 2.24) is 15.5 Å². The van der Waals surface area contributed by atoms with Gasteiger partial charge in [0.1, 0.15) is 11.3 Å². The summed E-state index contributed by atoms with van der Waals surface area (Å²) in [5, 5.41) is 10.4. The van der Waals surface area contributed by atoms with Gasteiger partial charge in [0.2, 0.25) is 5.13 Å². The molecule has 0 spiro atoms. The van der Waals surface area contributed by atoms with E-state index in [1.165, 1.54) is 17.6 Å². The Morgan fingerprint density at radius 1 is 1.38 bits per heavy atom. The Bertz CT molecular complexity index is 702. The minimum absolute atomic E-state index is 0.106. The van der Waals surface area contributed by atoms with E-state index >= 15 is 0 Å². The van der Waals surface area contributed by atoms with Gasteiger partial charge in [0, 0.05) is 12.6 Å². The summed E-state index contributed by atoms with van der Waals surface area (Å²) in [5.41, 5.74) is 1.90. The molecule has 9 heteroatoms. The topological polar surface area (TPSA) is 84.0 Å². The molecule has 0 atom stereocenters. The van der Waals surface area contributed by atoms with Crippen molar-refractivity contribution in [3.8, 4) is 0 Å². The summed E-state index contributed by atoms with van der Waals surface area (Å²) in [5.74, 6) is -0.610. The average Bonchev–Trinajstić information content (AvgIpc) is 2.89. The van der Waals surface area contributed by atoms with E-state index in [1.807, 2.05) is 13.8 Å². The van der Waals surface area contributed by atoms with E-state index in [9.17, 15) is 12.8 Å². The molecular formula is C12H15FN4O2S2. The highest BCUT2D eigenvalue weighted by Gasteiger charge is 2.20. The van der Waals surface area contributed by atoms with Crippen LogP contribution in [0.2, 0.25) is 0 Å². The van der Waals surface area contributed by atoms with Gasteiger partial charge in [0.05, 0.1) is 4.90 Å². The summed E-state index contributed by atoms with van der Waals surface area (Å²) >= 11 is 1.05. The SMILES string of the molecule is CC(C)NCc1ccc(F)cc1S(=O)(=O)Nc1nncs1. The maximum absolute atomic E-state index is 13.4. The second-order valence-electron chi connectivity index (χ2n) is 4.64. The van der Waals surface area contributed by atoms with Gasteiger partial charge in [-0.15, -0.1) is 10.2 Å². The van der Waals surface area contributed by atoms with E-state index in [0.29, 0.717) is 12.1 Å². The minimum atomic E-state index is -3.91. The Hall–Kier alpha value is -1.58. The summed E-state index contributed by atoms with van der Waals surface area (Å²) in [4.78, 5) is -0.106. The largest absolute Gasteiger partial charge is 0.310 e. The van der Waals surface area contributed by atoms with Gasteiger partial charge in [-0.05, 0) is 17.7 Å². The Labute approximate surface area is 126 Å². The van der Waals surface area contributed by atoms with Crippen molar-refractivity contribution in [1.29, 1.82) is 0 Å². The molecule has 2 rings (SSSR count). The third kappa shape index (κ3) is 4.19. The quantitative estimate of drug-likeness (QED) is 0.846. The lowest BCUT2D eigenvalue weighted by Gasteiger charge is -2.13. The van der Waals surface area contributed by atoms with Crippen LogP contribution in [0.4, 0.5) is 9.52 Å². The first-order valence-electron chi connectivity index (χ1n) is 6.19. The molecule has 0 aliphatic heterocycles. The Morgan fingerprint density at radius 2 is 2.14 bits per heavy atom. The highest BCUT2D eigenvalue weighted by molar-refractivity contribution is 7.93. The average molecular weight is 330 g/mol. The third-order valence-corrected chi connectivity index (χ3v) is 4.76. The van der Waals surface area contributed by atoms with Gasteiger partial charge in [-0.25, -0.2) is 12.8 Å². The zero-order valence-electron chi connectivity index (χ0n) is 11.5. The van der Waals surface area contributed by atoms with Crippen LogP contribution in [0.5, 0.6) is 0 Å². The zero-order valence-corrected chi connectivity index (χ0v) is 13.1. The molecule has 0 aliphatic rings. The maximum atomic E-state index is 13.4. The van der Waals surface area contributed by atoms with E-state index in [-0.39, 0.29) is 16.1 Å². The molecule has 0 fully saturated rings. The predicted molar refractivity (Wildman–Crippen MR) is 79.1 cm³/mol. The molecule has 0 radical (unpaired) electrons. The molecule has 1 heterocycles. The summed E-state index contributed by atoms with van der Waals surface area (Å²) in [7, 11) is -3.91.